The topological polar surface area (TPSA) is 53.6 Å². The Morgan fingerprint density at radius 2 is 2.26 bits per heavy atom. The summed E-state index contributed by atoms with van der Waals surface area (Å²) in [5.74, 6) is 0. The van der Waals surface area contributed by atoms with Crippen molar-refractivity contribution in [2.24, 2.45) is 0 Å². The Labute approximate surface area is 111 Å². The molecular formula is C15H16N4. The summed E-state index contributed by atoms with van der Waals surface area (Å²) in [4.78, 5) is 4.33. The molecule has 2 aromatic heterocycles. The van der Waals surface area contributed by atoms with Gasteiger partial charge in [-0.1, -0.05) is 12.1 Å². The molecule has 0 aliphatic rings. The summed E-state index contributed by atoms with van der Waals surface area (Å²) in [6, 6.07) is 10.7. The van der Waals surface area contributed by atoms with Gasteiger partial charge < -0.3 is 5.32 Å². The highest BCUT2D eigenvalue weighted by molar-refractivity contribution is 5.78. The molecule has 2 N–H and O–H groups in total. The third kappa shape index (κ3) is 2.63. The molecule has 96 valence electrons. The number of aromatic amines is 1. The smallest absolute Gasteiger partial charge is 0.0702 e. The lowest BCUT2D eigenvalue weighted by molar-refractivity contribution is 0.575. The summed E-state index contributed by atoms with van der Waals surface area (Å²) in [5, 5.41) is 11.5. The van der Waals surface area contributed by atoms with E-state index in [9.17, 15) is 0 Å². The van der Waals surface area contributed by atoms with Crippen LogP contribution in [0.1, 0.15) is 24.1 Å². The Morgan fingerprint density at radius 1 is 1.32 bits per heavy atom. The van der Waals surface area contributed by atoms with Gasteiger partial charge in [-0.25, -0.2) is 0 Å². The molecule has 4 heteroatoms. The molecule has 4 nitrogen and oxygen atoms in total. The Morgan fingerprint density at radius 3 is 3.11 bits per heavy atom. The molecule has 1 atom stereocenters. The molecule has 0 aliphatic carbocycles. The number of nitrogens with one attached hydrogen (secondary N) is 2. The van der Waals surface area contributed by atoms with Crippen LogP contribution in [0, 0.1) is 0 Å². The van der Waals surface area contributed by atoms with Gasteiger partial charge in [-0.2, -0.15) is 5.10 Å². The summed E-state index contributed by atoms with van der Waals surface area (Å²) in [5.41, 5.74) is 3.47. The maximum Gasteiger partial charge on any atom is 0.0702 e. The second-order valence-electron chi connectivity index (χ2n) is 4.66. The van der Waals surface area contributed by atoms with Crippen LogP contribution in [0.25, 0.3) is 10.9 Å². The zero-order chi connectivity index (χ0) is 13.1. The molecule has 0 fully saturated rings. The lowest BCUT2D eigenvalue weighted by Gasteiger charge is -2.12. The van der Waals surface area contributed by atoms with Crippen molar-refractivity contribution in [1.82, 2.24) is 20.5 Å². The number of benzene rings is 1. The zero-order valence-corrected chi connectivity index (χ0v) is 10.8. The fourth-order valence-electron chi connectivity index (χ4n) is 2.12. The minimum absolute atomic E-state index is 0.281. The Kier molecular flexibility index (Phi) is 3.25. The lowest BCUT2D eigenvalue weighted by atomic mass is 10.1. The van der Waals surface area contributed by atoms with Crippen molar-refractivity contribution in [2.45, 2.75) is 19.5 Å². The average Bonchev–Trinajstić information content (AvgIpc) is 2.99. The van der Waals surface area contributed by atoms with E-state index >= 15 is 0 Å². The number of H-pyrrole nitrogens is 1. The summed E-state index contributed by atoms with van der Waals surface area (Å²) in [6.07, 6.45) is 5.59. The highest BCUT2D eigenvalue weighted by Gasteiger charge is 2.05. The number of nitrogens with zero attached hydrogens (tertiary/aromatic N) is 2. The van der Waals surface area contributed by atoms with E-state index in [4.69, 9.17) is 0 Å². The van der Waals surface area contributed by atoms with Crippen molar-refractivity contribution in [1.29, 1.82) is 0 Å². The number of hydrogen-bond acceptors (Lipinski definition) is 3. The van der Waals surface area contributed by atoms with E-state index in [2.05, 4.69) is 51.7 Å². The predicted octanol–water partition coefficient (Wildman–Crippen LogP) is 2.81. The molecule has 3 rings (SSSR count). The minimum Gasteiger partial charge on any atom is -0.306 e. The van der Waals surface area contributed by atoms with Gasteiger partial charge in [-0.3, -0.25) is 10.1 Å². The van der Waals surface area contributed by atoms with E-state index in [-0.39, 0.29) is 6.04 Å². The fourth-order valence-corrected chi connectivity index (χ4v) is 2.12. The van der Waals surface area contributed by atoms with Crippen molar-refractivity contribution in [3.63, 3.8) is 0 Å². The van der Waals surface area contributed by atoms with Crippen LogP contribution >= 0.6 is 0 Å². The normalized spacial score (nSPS) is 12.7. The first-order chi connectivity index (χ1) is 9.33. The third-order valence-electron chi connectivity index (χ3n) is 3.30. The second kappa shape index (κ2) is 5.20. The molecule has 0 aliphatic heterocycles. The summed E-state index contributed by atoms with van der Waals surface area (Å²) in [6.45, 7) is 2.96. The van der Waals surface area contributed by atoms with E-state index in [1.54, 1.807) is 0 Å². The lowest BCUT2D eigenvalue weighted by Crippen LogP contribution is -2.17. The maximum atomic E-state index is 4.33. The number of rotatable bonds is 4. The number of fused-ring (bicyclic) bond motifs is 1. The summed E-state index contributed by atoms with van der Waals surface area (Å²) < 4.78 is 0. The second-order valence-corrected chi connectivity index (χ2v) is 4.66. The highest BCUT2D eigenvalue weighted by Crippen LogP contribution is 2.15. The molecule has 1 aromatic carbocycles. The van der Waals surface area contributed by atoms with Gasteiger partial charge >= 0.3 is 0 Å². The molecule has 0 saturated heterocycles. The Hall–Kier alpha value is -2.20. The molecule has 0 saturated carbocycles. The quantitative estimate of drug-likeness (QED) is 0.750. The predicted molar refractivity (Wildman–Crippen MR) is 75.6 cm³/mol. The van der Waals surface area contributed by atoms with Gasteiger partial charge in [0.05, 0.1) is 11.7 Å². The van der Waals surface area contributed by atoms with Crippen LogP contribution < -0.4 is 5.32 Å². The van der Waals surface area contributed by atoms with Gasteiger partial charge in [0.25, 0.3) is 0 Å². The summed E-state index contributed by atoms with van der Waals surface area (Å²) in [7, 11) is 0. The molecule has 0 spiro atoms. The minimum atomic E-state index is 0.281. The maximum absolute atomic E-state index is 4.33. The van der Waals surface area contributed by atoms with Gasteiger partial charge in [0, 0.05) is 35.9 Å². The Bertz CT molecular complexity index is 661. The van der Waals surface area contributed by atoms with Crippen LogP contribution in [0.5, 0.6) is 0 Å². The Balaban J connectivity index is 1.71. The molecule has 19 heavy (non-hydrogen) atoms. The first-order valence-electron chi connectivity index (χ1n) is 6.38. The van der Waals surface area contributed by atoms with Gasteiger partial charge in [0.2, 0.25) is 0 Å². The van der Waals surface area contributed by atoms with Crippen LogP contribution in [-0.2, 0) is 6.54 Å². The van der Waals surface area contributed by atoms with Crippen molar-refractivity contribution < 1.29 is 0 Å². The standard InChI is InChI=1S/C15H16N4/c1-11(14-9-18-19-10-14)17-8-12-4-5-15-13(7-12)3-2-6-16-15/h2-7,9-11,17H,8H2,1H3,(H,18,19). The van der Waals surface area contributed by atoms with Crippen molar-refractivity contribution >= 4 is 10.9 Å². The molecule has 1 unspecified atom stereocenters. The molecular weight excluding hydrogens is 236 g/mol. The number of hydrogen-bond donors (Lipinski definition) is 2. The van der Waals surface area contributed by atoms with Crippen molar-refractivity contribution in [2.75, 3.05) is 0 Å². The fraction of sp³-hybridized carbons (Fsp3) is 0.200. The van der Waals surface area contributed by atoms with Crippen LogP contribution in [-0.4, -0.2) is 15.2 Å². The largest absolute Gasteiger partial charge is 0.306 e. The monoisotopic (exact) mass is 252 g/mol. The first kappa shape index (κ1) is 11.9. The summed E-state index contributed by atoms with van der Waals surface area (Å²) >= 11 is 0. The number of aromatic nitrogens is 3. The van der Waals surface area contributed by atoms with Crippen LogP contribution in [0.3, 0.4) is 0 Å². The van der Waals surface area contributed by atoms with Crippen molar-refractivity contribution in [3.05, 3.63) is 60.0 Å². The van der Waals surface area contributed by atoms with Gasteiger partial charge in [0.15, 0.2) is 0 Å². The van der Waals surface area contributed by atoms with Crippen LogP contribution in [0.4, 0.5) is 0 Å². The van der Waals surface area contributed by atoms with Gasteiger partial charge in [-0.05, 0) is 30.7 Å². The van der Waals surface area contributed by atoms with E-state index < -0.39 is 0 Å². The zero-order valence-electron chi connectivity index (χ0n) is 10.8. The molecule has 2 heterocycles. The average molecular weight is 252 g/mol. The first-order valence-corrected chi connectivity index (χ1v) is 6.38. The highest BCUT2D eigenvalue weighted by atomic mass is 15.1. The van der Waals surface area contributed by atoms with Gasteiger partial charge in [-0.15, -0.1) is 0 Å². The van der Waals surface area contributed by atoms with Gasteiger partial charge in [0.1, 0.15) is 0 Å². The third-order valence-corrected chi connectivity index (χ3v) is 3.30. The van der Waals surface area contributed by atoms with E-state index in [0.29, 0.717) is 0 Å². The van der Waals surface area contributed by atoms with Crippen molar-refractivity contribution in [3.8, 4) is 0 Å². The SMILES string of the molecule is CC(NCc1ccc2ncccc2c1)c1cn[nH]c1. The molecule has 0 bridgehead atoms. The molecule has 3 aromatic rings. The van der Waals surface area contributed by atoms with Crippen LogP contribution in [0.2, 0.25) is 0 Å². The van der Waals surface area contributed by atoms with E-state index in [0.717, 1.165) is 12.1 Å². The van der Waals surface area contributed by atoms with E-state index in [1.807, 2.05) is 24.7 Å². The van der Waals surface area contributed by atoms with E-state index in [1.165, 1.54) is 16.5 Å². The molecule has 0 radical (unpaired) electrons. The number of pyridine rings is 1. The molecule has 0 amide bonds. The van der Waals surface area contributed by atoms with Crippen LogP contribution in [0.15, 0.2) is 48.9 Å².